The summed E-state index contributed by atoms with van der Waals surface area (Å²) < 4.78 is 15.8. The Morgan fingerprint density at radius 2 is 1.61 bits per heavy atom. The van der Waals surface area contributed by atoms with Crippen LogP contribution in [0.1, 0.15) is 31.2 Å². The summed E-state index contributed by atoms with van der Waals surface area (Å²) in [6, 6.07) is 8.67. The Labute approximate surface area is 162 Å². The van der Waals surface area contributed by atoms with Crippen molar-refractivity contribution in [2.75, 3.05) is 14.2 Å². The summed E-state index contributed by atoms with van der Waals surface area (Å²) in [6.07, 6.45) is -0.542. The molecule has 2 aliphatic rings. The fraction of sp³-hybridized carbons (Fsp3) is 0.500. The third-order valence-electron chi connectivity index (χ3n) is 5.44. The standard InChI is InChI=1S/C20H23NO7/c1-26-18(24)20(19(25)27-2)11-14(21-16(22)8-9-17(21)23)10-15(20)28-12-13-6-4-3-5-7-13/h3-7,14-15H,8-12H2,1-2H3/t14-,15-/m1/s1. The normalized spacial score (nSPS) is 23.7. The van der Waals surface area contributed by atoms with Gasteiger partial charge in [0, 0.05) is 18.9 Å². The molecule has 8 nitrogen and oxygen atoms in total. The quantitative estimate of drug-likeness (QED) is 0.410. The smallest absolute Gasteiger partial charge is 0.326 e. The molecule has 8 heteroatoms. The number of ether oxygens (including phenoxy) is 3. The van der Waals surface area contributed by atoms with E-state index in [2.05, 4.69) is 0 Å². The molecule has 1 saturated carbocycles. The van der Waals surface area contributed by atoms with E-state index in [1.807, 2.05) is 30.3 Å². The van der Waals surface area contributed by atoms with Crippen LogP contribution in [-0.4, -0.2) is 55.0 Å². The van der Waals surface area contributed by atoms with E-state index in [1.54, 1.807) is 0 Å². The van der Waals surface area contributed by atoms with Crippen LogP contribution in [0.4, 0.5) is 0 Å². The molecule has 3 rings (SSSR count). The van der Waals surface area contributed by atoms with Crippen LogP contribution < -0.4 is 0 Å². The zero-order valence-corrected chi connectivity index (χ0v) is 15.9. The molecule has 1 saturated heterocycles. The Balaban J connectivity index is 1.91. The summed E-state index contributed by atoms with van der Waals surface area (Å²) in [4.78, 5) is 50.9. The number of carbonyl (C=O) groups is 4. The molecule has 150 valence electrons. The van der Waals surface area contributed by atoms with Crippen LogP contribution >= 0.6 is 0 Å². The van der Waals surface area contributed by atoms with Gasteiger partial charge in [-0.15, -0.1) is 0 Å². The van der Waals surface area contributed by atoms with E-state index in [0.717, 1.165) is 10.5 Å². The number of likely N-dealkylation sites (tertiary alicyclic amines) is 1. The molecular weight excluding hydrogens is 366 g/mol. The van der Waals surface area contributed by atoms with Gasteiger partial charge >= 0.3 is 11.9 Å². The average molecular weight is 389 g/mol. The molecule has 1 aromatic carbocycles. The lowest BCUT2D eigenvalue weighted by Gasteiger charge is -2.29. The highest BCUT2D eigenvalue weighted by Gasteiger charge is 2.63. The zero-order chi connectivity index (χ0) is 20.3. The van der Waals surface area contributed by atoms with Gasteiger partial charge in [-0.25, -0.2) is 0 Å². The van der Waals surface area contributed by atoms with E-state index < -0.39 is 29.5 Å². The molecule has 2 atom stereocenters. The largest absolute Gasteiger partial charge is 0.468 e. The third kappa shape index (κ3) is 3.40. The van der Waals surface area contributed by atoms with Gasteiger partial charge in [0.05, 0.1) is 26.9 Å². The average Bonchev–Trinajstić information content (AvgIpc) is 3.26. The molecule has 0 radical (unpaired) electrons. The fourth-order valence-electron chi connectivity index (χ4n) is 4.09. The highest BCUT2D eigenvalue weighted by Crippen LogP contribution is 2.46. The summed E-state index contributed by atoms with van der Waals surface area (Å²) >= 11 is 0. The van der Waals surface area contributed by atoms with Gasteiger partial charge in [0.15, 0.2) is 5.41 Å². The molecule has 1 heterocycles. The second-order valence-corrected chi connectivity index (χ2v) is 6.99. The van der Waals surface area contributed by atoms with Crippen LogP contribution in [-0.2, 0) is 40.0 Å². The highest BCUT2D eigenvalue weighted by atomic mass is 16.6. The van der Waals surface area contributed by atoms with Crippen molar-refractivity contribution in [3.8, 4) is 0 Å². The van der Waals surface area contributed by atoms with Gasteiger partial charge in [-0.1, -0.05) is 30.3 Å². The molecule has 0 N–H and O–H groups in total. The number of imide groups is 1. The van der Waals surface area contributed by atoms with Crippen molar-refractivity contribution >= 4 is 23.8 Å². The summed E-state index contributed by atoms with van der Waals surface area (Å²) in [5.41, 5.74) is -0.866. The number of nitrogens with zero attached hydrogens (tertiary/aromatic N) is 1. The summed E-state index contributed by atoms with van der Waals surface area (Å²) in [5, 5.41) is 0. The number of carbonyl (C=O) groups excluding carboxylic acids is 4. The highest BCUT2D eigenvalue weighted by molar-refractivity contribution is 6.04. The van der Waals surface area contributed by atoms with Crippen molar-refractivity contribution in [3.63, 3.8) is 0 Å². The number of hydrogen-bond acceptors (Lipinski definition) is 7. The van der Waals surface area contributed by atoms with Gasteiger partial charge in [-0.05, 0) is 18.4 Å². The molecule has 2 fully saturated rings. The van der Waals surface area contributed by atoms with E-state index in [0.29, 0.717) is 0 Å². The van der Waals surface area contributed by atoms with Gasteiger partial charge in [0.1, 0.15) is 0 Å². The minimum Gasteiger partial charge on any atom is -0.468 e. The first-order valence-corrected chi connectivity index (χ1v) is 9.11. The minimum absolute atomic E-state index is 0.0801. The van der Waals surface area contributed by atoms with Crippen molar-refractivity contribution in [2.24, 2.45) is 5.41 Å². The van der Waals surface area contributed by atoms with Crippen molar-refractivity contribution < 1.29 is 33.4 Å². The Bertz CT molecular complexity index is 744. The van der Waals surface area contributed by atoms with Gasteiger partial charge in [0.2, 0.25) is 11.8 Å². The topological polar surface area (TPSA) is 99.2 Å². The molecule has 28 heavy (non-hydrogen) atoms. The molecule has 0 spiro atoms. The van der Waals surface area contributed by atoms with Crippen LogP contribution in [0.2, 0.25) is 0 Å². The maximum atomic E-state index is 12.7. The Hall–Kier alpha value is -2.74. The fourth-order valence-corrected chi connectivity index (χ4v) is 4.09. The number of benzene rings is 1. The van der Waals surface area contributed by atoms with Gasteiger partial charge < -0.3 is 14.2 Å². The van der Waals surface area contributed by atoms with E-state index in [-0.39, 0.29) is 44.1 Å². The number of hydrogen-bond donors (Lipinski definition) is 0. The maximum absolute atomic E-state index is 12.7. The Morgan fingerprint density at radius 3 is 2.14 bits per heavy atom. The molecule has 0 unspecified atom stereocenters. The molecular formula is C20H23NO7. The molecule has 0 aromatic heterocycles. The number of rotatable bonds is 6. The number of amides is 2. The Morgan fingerprint density at radius 1 is 1.04 bits per heavy atom. The van der Waals surface area contributed by atoms with Crippen molar-refractivity contribution in [2.45, 2.75) is 44.4 Å². The molecule has 0 bridgehead atoms. The summed E-state index contributed by atoms with van der Waals surface area (Å²) in [6.45, 7) is 0.163. The van der Waals surface area contributed by atoms with Crippen molar-refractivity contribution in [1.29, 1.82) is 0 Å². The number of esters is 2. The van der Waals surface area contributed by atoms with E-state index in [9.17, 15) is 19.2 Å². The monoisotopic (exact) mass is 389 g/mol. The van der Waals surface area contributed by atoms with Crippen LogP contribution in [0.25, 0.3) is 0 Å². The lowest BCUT2D eigenvalue weighted by molar-refractivity contribution is -0.179. The molecule has 1 aliphatic carbocycles. The summed E-state index contributed by atoms with van der Waals surface area (Å²) in [5.74, 6) is -2.19. The molecule has 1 aliphatic heterocycles. The minimum atomic E-state index is -1.73. The van der Waals surface area contributed by atoms with Crippen LogP contribution in [0.15, 0.2) is 30.3 Å². The van der Waals surface area contributed by atoms with Gasteiger partial charge in [0.25, 0.3) is 0 Å². The van der Waals surface area contributed by atoms with Crippen molar-refractivity contribution in [3.05, 3.63) is 35.9 Å². The van der Waals surface area contributed by atoms with E-state index in [1.165, 1.54) is 14.2 Å². The van der Waals surface area contributed by atoms with Crippen LogP contribution in [0.5, 0.6) is 0 Å². The second kappa shape index (κ2) is 8.10. The van der Waals surface area contributed by atoms with E-state index in [4.69, 9.17) is 14.2 Å². The van der Waals surface area contributed by atoms with Crippen LogP contribution in [0.3, 0.4) is 0 Å². The molecule has 2 amide bonds. The lowest BCUT2D eigenvalue weighted by Crippen LogP contribution is -2.48. The zero-order valence-electron chi connectivity index (χ0n) is 15.9. The summed E-state index contributed by atoms with van der Waals surface area (Å²) in [7, 11) is 2.36. The third-order valence-corrected chi connectivity index (χ3v) is 5.44. The molecule has 1 aromatic rings. The maximum Gasteiger partial charge on any atom is 0.326 e. The SMILES string of the molecule is COC(=O)C1(C(=O)OC)C[C@H](N2C(=O)CCC2=O)C[C@H]1OCc1ccccc1. The van der Waals surface area contributed by atoms with E-state index >= 15 is 0 Å². The predicted molar refractivity (Wildman–Crippen MR) is 95.6 cm³/mol. The van der Waals surface area contributed by atoms with Crippen molar-refractivity contribution in [1.82, 2.24) is 4.90 Å². The first-order chi connectivity index (χ1) is 13.4. The second-order valence-electron chi connectivity index (χ2n) is 6.99. The van der Waals surface area contributed by atoms with Gasteiger partial charge in [-0.2, -0.15) is 0 Å². The number of methoxy groups -OCH3 is 2. The first kappa shape index (κ1) is 20.0. The first-order valence-electron chi connectivity index (χ1n) is 9.11. The Kier molecular flexibility index (Phi) is 5.79. The lowest BCUT2D eigenvalue weighted by atomic mass is 9.83. The van der Waals surface area contributed by atoms with Crippen LogP contribution in [0, 0.1) is 5.41 Å². The van der Waals surface area contributed by atoms with Gasteiger partial charge in [-0.3, -0.25) is 24.1 Å². The predicted octanol–water partition coefficient (Wildman–Crippen LogP) is 1.22.